The predicted octanol–water partition coefficient (Wildman–Crippen LogP) is 3.90. The summed E-state index contributed by atoms with van der Waals surface area (Å²) in [6, 6.07) is 6.52. The molecule has 0 aliphatic carbocycles. The van der Waals surface area contributed by atoms with E-state index in [9.17, 15) is 32.8 Å². The van der Waals surface area contributed by atoms with E-state index in [1.807, 2.05) is 13.8 Å². The summed E-state index contributed by atoms with van der Waals surface area (Å²) in [6.07, 6.45) is 6.71. The van der Waals surface area contributed by atoms with Crippen molar-refractivity contribution in [3.05, 3.63) is 36.0 Å². The van der Waals surface area contributed by atoms with Crippen LogP contribution < -0.4 is 26.0 Å². The first-order valence-corrected chi connectivity index (χ1v) is 19.4. The molecular formula is C39H59F2N7O6. The largest absolute Gasteiger partial charge is 0.492 e. The van der Waals surface area contributed by atoms with Crippen molar-refractivity contribution in [1.82, 2.24) is 36.1 Å². The SMILES string of the molecule is CCCCCN(CCC)CC(=O)NCCNC(=O)CCC(C(=O)NCCOc1ccc2nccc(C(=O)NCC(=O)N3CCC(F)(F)C3)c2c1)C(C)CC. The van der Waals surface area contributed by atoms with Crippen molar-refractivity contribution >= 4 is 40.4 Å². The number of alkyl halides is 2. The molecule has 0 bridgehead atoms. The topological polar surface area (TPSA) is 162 Å². The Morgan fingerprint density at radius 2 is 1.70 bits per heavy atom. The Morgan fingerprint density at radius 3 is 2.39 bits per heavy atom. The van der Waals surface area contributed by atoms with Crippen molar-refractivity contribution in [2.45, 2.75) is 85.0 Å². The van der Waals surface area contributed by atoms with Crippen LogP contribution in [0.2, 0.25) is 0 Å². The molecule has 1 saturated heterocycles. The Labute approximate surface area is 317 Å². The minimum absolute atomic E-state index is 0.0468. The van der Waals surface area contributed by atoms with Gasteiger partial charge in [0, 0.05) is 50.0 Å². The molecule has 54 heavy (non-hydrogen) atoms. The average molecular weight is 760 g/mol. The molecule has 0 radical (unpaired) electrons. The Kier molecular flexibility index (Phi) is 18.5. The second-order valence-corrected chi connectivity index (χ2v) is 14.0. The van der Waals surface area contributed by atoms with Crippen molar-refractivity contribution in [2.75, 3.05) is 65.5 Å². The number of nitrogens with one attached hydrogen (secondary N) is 4. The van der Waals surface area contributed by atoms with E-state index in [-0.39, 0.29) is 61.2 Å². The van der Waals surface area contributed by atoms with E-state index >= 15 is 0 Å². The Hall–Kier alpha value is -4.40. The summed E-state index contributed by atoms with van der Waals surface area (Å²) in [4.78, 5) is 71.0. The number of nitrogens with zero attached hydrogens (tertiary/aromatic N) is 3. The monoisotopic (exact) mass is 759 g/mol. The molecular weight excluding hydrogens is 700 g/mol. The molecule has 2 aromatic rings. The molecule has 1 aromatic carbocycles. The first-order chi connectivity index (χ1) is 25.9. The molecule has 15 heteroatoms. The predicted molar refractivity (Wildman–Crippen MR) is 203 cm³/mol. The fraction of sp³-hybridized carbons (Fsp3) is 0.641. The fourth-order valence-corrected chi connectivity index (χ4v) is 6.37. The van der Waals surface area contributed by atoms with Crippen molar-refractivity contribution < 1.29 is 37.5 Å². The number of benzene rings is 1. The minimum atomic E-state index is -2.92. The third kappa shape index (κ3) is 14.8. The van der Waals surface area contributed by atoms with Crippen LogP contribution in [0.1, 0.15) is 89.4 Å². The zero-order valence-electron chi connectivity index (χ0n) is 32.3. The van der Waals surface area contributed by atoms with Gasteiger partial charge >= 0.3 is 0 Å². The summed E-state index contributed by atoms with van der Waals surface area (Å²) in [5, 5.41) is 11.6. The zero-order chi connectivity index (χ0) is 39.5. The van der Waals surface area contributed by atoms with Gasteiger partial charge in [-0.3, -0.25) is 33.9 Å². The van der Waals surface area contributed by atoms with Gasteiger partial charge in [-0.1, -0.05) is 47.0 Å². The van der Waals surface area contributed by atoms with Gasteiger partial charge in [-0.25, -0.2) is 8.78 Å². The minimum Gasteiger partial charge on any atom is -0.492 e. The van der Waals surface area contributed by atoms with Gasteiger partial charge in [0.2, 0.25) is 23.6 Å². The lowest BCUT2D eigenvalue weighted by atomic mass is 9.87. The van der Waals surface area contributed by atoms with E-state index in [2.05, 4.69) is 45.0 Å². The second kappa shape index (κ2) is 22.7. The lowest BCUT2D eigenvalue weighted by Crippen LogP contribution is -2.41. The van der Waals surface area contributed by atoms with Crippen LogP contribution in [0, 0.1) is 11.8 Å². The van der Waals surface area contributed by atoms with Crippen molar-refractivity contribution in [3.8, 4) is 5.75 Å². The molecule has 2 unspecified atom stereocenters. The number of amides is 5. The maximum atomic E-state index is 13.5. The van der Waals surface area contributed by atoms with Gasteiger partial charge in [0.05, 0.1) is 37.3 Å². The molecule has 300 valence electrons. The number of pyridine rings is 1. The van der Waals surface area contributed by atoms with Gasteiger partial charge in [-0.05, 0) is 62.5 Å². The lowest BCUT2D eigenvalue weighted by molar-refractivity contribution is -0.130. The molecule has 2 heterocycles. The Bertz CT molecular complexity index is 1540. The number of halogens is 2. The van der Waals surface area contributed by atoms with Crippen LogP contribution >= 0.6 is 0 Å². The molecule has 3 rings (SSSR count). The van der Waals surface area contributed by atoms with Crippen LogP contribution in [0.3, 0.4) is 0 Å². The van der Waals surface area contributed by atoms with E-state index < -0.39 is 37.2 Å². The van der Waals surface area contributed by atoms with E-state index in [0.29, 0.717) is 42.7 Å². The number of hydrogen-bond donors (Lipinski definition) is 4. The lowest BCUT2D eigenvalue weighted by Gasteiger charge is -2.22. The second-order valence-electron chi connectivity index (χ2n) is 14.0. The summed E-state index contributed by atoms with van der Waals surface area (Å²) in [6.45, 7) is 10.2. The van der Waals surface area contributed by atoms with Crippen LogP contribution in [-0.4, -0.2) is 116 Å². The standard InChI is InChI=1S/C39H59F2N7O6/c1-5-8-9-21-47(20-6-2)26-35(50)44-18-17-43-34(49)13-11-30(28(4)7-3)37(52)45-19-23-54-29-10-12-33-32(24-29)31(14-16-42-33)38(53)46-25-36(51)48-22-15-39(40,41)27-48/h10,12,14,16,24,28,30H,5-9,11,13,15,17-23,25-27H2,1-4H3,(H,43,49)(H,44,50)(H,45,52)(H,46,53). The average Bonchev–Trinajstić information content (AvgIpc) is 3.53. The first kappa shape index (κ1) is 44.0. The van der Waals surface area contributed by atoms with Crippen LogP contribution in [0.5, 0.6) is 5.75 Å². The number of carbonyl (C=O) groups excluding carboxylic acids is 5. The third-order valence-corrected chi connectivity index (χ3v) is 9.65. The first-order valence-electron chi connectivity index (χ1n) is 19.4. The highest BCUT2D eigenvalue weighted by Crippen LogP contribution is 2.27. The van der Waals surface area contributed by atoms with Crippen LogP contribution in [0.25, 0.3) is 10.9 Å². The quantitative estimate of drug-likeness (QED) is 0.117. The Morgan fingerprint density at radius 1 is 0.944 bits per heavy atom. The van der Waals surface area contributed by atoms with Crippen molar-refractivity contribution in [2.24, 2.45) is 11.8 Å². The van der Waals surface area contributed by atoms with Crippen molar-refractivity contribution in [1.29, 1.82) is 0 Å². The van der Waals surface area contributed by atoms with E-state index in [1.165, 1.54) is 12.3 Å². The fourth-order valence-electron chi connectivity index (χ4n) is 6.37. The van der Waals surface area contributed by atoms with E-state index in [0.717, 1.165) is 50.1 Å². The summed E-state index contributed by atoms with van der Waals surface area (Å²) in [5.41, 5.74) is 0.765. The molecule has 4 N–H and O–H groups in total. The number of fused-ring (bicyclic) bond motifs is 1. The van der Waals surface area contributed by atoms with Crippen LogP contribution in [0.15, 0.2) is 30.5 Å². The van der Waals surface area contributed by atoms with Gasteiger partial charge in [0.25, 0.3) is 11.8 Å². The van der Waals surface area contributed by atoms with Crippen molar-refractivity contribution in [3.63, 3.8) is 0 Å². The molecule has 0 saturated carbocycles. The molecule has 5 amide bonds. The number of unbranched alkanes of at least 4 members (excludes halogenated alkanes) is 2. The summed E-state index contributed by atoms with van der Waals surface area (Å²) in [7, 11) is 0. The van der Waals surface area contributed by atoms with Crippen LogP contribution in [-0.2, 0) is 19.2 Å². The molecule has 1 fully saturated rings. The maximum Gasteiger partial charge on any atom is 0.267 e. The molecule has 0 spiro atoms. The number of carbonyl (C=O) groups is 5. The molecule has 1 aromatic heterocycles. The highest BCUT2D eigenvalue weighted by Gasteiger charge is 2.40. The number of rotatable bonds is 24. The van der Waals surface area contributed by atoms with Gasteiger partial charge in [-0.2, -0.15) is 0 Å². The van der Waals surface area contributed by atoms with E-state index in [4.69, 9.17) is 4.74 Å². The van der Waals surface area contributed by atoms with Gasteiger partial charge in [-0.15, -0.1) is 0 Å². The number of hydrogen-bond acceptors (Lipinski definition) is 8. The number of aromatic nitrogens is 1. The van der Waals surface area contributed by atoms with Gasteiger partial charge < -0.3 is 30.9 Å². The number of likely N-dealkylation sites (tertiary alicyclic amines) is 1. The molecule has 1 aliphatic heterocycles. The normalized spacial score (nSPS) is 14.8. The zero-order valence-corrected chi connectivity index (χ0v) is 32.3. The number of ether oxygens (including phenoxy) is 1. The van der Waals surface area contributed by atoms with Crippen LogP contribution in [0.4, 0.5) is 8.78 Å². The van der Waals surface area contributed by atoms with Gasteiger partial charge in [0.1, 0.15) is 12.4 Å². The molecule has 2 atom stereocenters. The summed E-state index contributed by atoms with van der Waals surface area (Å²) < 4.78 is 32.9. The smallest absolute Gasteiger partial charge is 0.267 e. The molecule has 13 nitrogen and oxygen atoms in total. The van der Waals surface area contributed by atoms with Gasteiger partial charge in [0.15, 0.2) is 0 Å². The molecule has 1 aliphatic rings. The third-order valence-electron chi connectivity index (χ3n) is 9.65. The summed E-state index contributed by atoms with van der Waals surface area (Å²) >= 11 is 0. The Balaban J connectivity index is 1.41. The highest BCUT2D eigenvalue weighted by atomic mass is 19.3. The maximum absolute atomic E-state index is 13.5. The van der Waals surface area contributed by atoms with E-state index in [1.54, 1.807) is 18.2 Å². The summed E-state index contributed by atoms with van der Waals surface area (Å²) in [5.74, 6) is -4.34. The highest BCUT2D eigenvalue weighted by molar-refractivity contribution is 6.07.